The first-order chi connectivity index (χ1) is 15.4. The Labute approximate surface area is 183 Å². The Balaban J connectivity index is 1.49. The number of nitrogens with one attached hydrogen (secondary N) is 1. The summed E-state index contributed by atoms with van der Waals surface area (Å²) in [5.41, 5.74) is 0.573. The lowest BCUT2D eigenvalue weighted by molar-refractivity contribution is -0.150. The number of amides is 1. The number of ether oxygens (including phenoxy) is 4. The van der Waals surface area contributed by atoms with E-state index in [4.69, 9.17) is 23.4 Å². The zero-order valence-corrected chi connectivity index (χ0v) is 17.9. The van der Waals surface area contributed by atoms with Crippen LogP contribution >= 0.6 is 0 Å². The van der Waals surface area contributed by atoms with Crippen LogP contribution in [0.3, 0.4) is 0 Å². The van der Waals surface area contributed by atoms with Crippen LogP contribution in [0.25, 0.3) is 11.0 Å². The Morgan fingerprint density at radius 3 is 2.47 bits per heavy atom. The molecule has 0 saturated heterocycles. The summed E-state index contributed by atoms with van der Waals surface area (Å²) in [6.07, 6.45) is 0. The average molecular weight is 441 g/mol. The molecule has 1 heterocycles. The maximum Gasteiger partial charge on any atom is 0.344 e. The van der Waals surface area contributed by atoms with E-state index < -0.39 is 36.8 Å². The summed E-state index contributed by atoms with van der Waals surface area (Å²) in [6, 6.07) is 12.6. The lowest BCUT2D eigenvalue weighted by Crippen LogP contribution is -2.32. The fourth-order valence-corrected chi connectivity index (χ4v) is 3.00. The number of methoxy groups -OCH3 is 2. The van der Waals surface area contributed by atoms with E-state index in [2.05, 4.69) is 5.32 Å². The second-order valence-electron chi connectivity index (χ2n) is 6.80. The summed E-state index contributed by atoms with van der Waals surface area (Å²) in [5.74, 6) is 0.338. The van der Waals surface area contributed by atoms with Gasteiger partial charge in [0.2, 0.25) is 0 Å². The van der Waals surface area contributed by atoms with Gasteiger partial charge in [0.05, 0.1) is 20.3 Å². The molecule has 0 radical (unpaired) electrons. The van der Waals surface area contributed by atoms with Gasteiger partial charge in [0.15, 0.2) is 13.2 Å². The zero-order valence-electron chi connectivity index (χ0n) is 17.9. The van der Waals surface area contributed by atoms with E-state index in [0.717, 1.165) is 10.9 Å². The van der Waals surface area contributed by atoms with E-state index in [1.54, 1.807) is 50.4 Å². The molecule has 1 N–H and O–H groups in total. The molecule has 3 aromatic rings. The summed E-state index contributed by atoms with van der Waals surface area (Å²) in [7, 11) is 3.08. The van der Waals surface area contributed by atoms with Gasteiger partial charge < -0.3 is 28.7 Å². The SMILES string of the molecule is COc1ccc(OC)c(C(C)NC(=O)COC(=O)COc2ccc3ccc(=O)oc3c2)c1. The molecule has 2 aromatic carbocycles. The standard InChI is InChI=1S/C23H23NO8/c1-14(18-10-16(28-2)7-8-19(18)29-3)24-21(25)12-31-23(27)13-30-17-6-4-15-5-9-22(26)32-20(15)11-17/h4-11,14H,12-13H2,1-3H3,(H,24,25). The normalized spacial score (nSPS) is 11.5. The monoisotopic (exact) mass is 441 g/mol. The second-order valence-corrected chi connectivity index (χ2v) is 6.80. The predicted molar refractivity (Wildman–Crippen MR) is 115 cm³/mol. The number of esters is 1. The Hall–Kier alpha value is -4.01. The van der Waals surface area contributed by atoms with Gasteiger partial charge in [0.1, 0.15) is 22.8 Å². The molecule has 1 aromatic heterocycles. The largest absolute Gasteiger partial charge is 0.497 e. The third-order valence-corrected chi connectivity index (χ3v) is 4.60. The maximum atomic E-state index is 12.2. The molecular formula is C23H23NO8. The minimum Gasteiger partial charge on any atom is -0.497 e. The molecule has 9 heteroatoms. The van der Waals surface area contributed by atoms with Crippen LogP contribution in [0.15, 0.2) is 57.7 Å². The molecule has 32 heavy (non-hydrogen) atoms. The van der Waals surface area contributed by atoms with Crippen LogP contribution in [0.2, 0.25) is 0 Å². The van der Waals surface area contributed by atoms with Crippen molar-refractivity contribution in [3.63, 3.8) is 0 Å². The Morgan fingerprint density at radius 2 is 1.72 bits per heavy atom. The van der Waals surface area contributed by atoms with E-state index in [-0.39, 0.29) is 0 Å². The molecular weight excluding hydrogens is 418 g/mol. The molecule has 1 amide bonds. The predicted octanol–water partition coefficient (Wildman–Crippen LogP) is 2.61. The Kier molecular flexibility index (Phi) is 7.33. The van der Waals surface area contributed by atoms with E-state index in [1.165, 1.54) is 19.2 Å². The number of rotatable bonds is 9. The third-order valence-electron chi connectivity index (χ3n) is 4.60. The van der Waals surface area contributed by atoms with Crippen molar-refractivity contribution in [2.45, 2.75) is 13.0 Å². The molecule has 0 fully saturated rings. The first-order valence-corrected chi connectivity index (χ1v) is 9.73. The molecule has 1 unspecified atom stereocenters. The van der Waals surface area contributed by atoms with Crippen LogP contribution in [-0.4, -0.2) is 39.3 Å². The first kappa shape index (κ1) is 22.7. The molecule has 9 nitrogen and oxygen atoms in total. The van der Waals surface area contributed by atoms with Crippen LogP contribution in [0.1, 0.15) is 18.5 Å². The highest BCUT2D eigenvalue weighted by Crippen LogP contribution is 2.29. The van der Waals surface area contributed by atoms with Gasteiger partial charge in [-0.3, -0.25) is 4.79 Å². The zero-order chi connectivity index (χ0) is 23.1. The summed E-state index contributed by atoms with van der Waals surface area (Å²) in [4.78, 5) is 35.4. The Morgan fingerprint density at radius 1 is 0.969 bits per heavy atom. The van der Waals surface area contributed by atoms with Crippen LogP contribution < -0.4 is 25.2 Å². The topological polar surface area (TPSA) is 113 Å². The fourth-order valence-electron chi connectivity index (χ4n) is 3.00. The van der Waals surface area contributed by atoms with Crippen LogP contribution in [0.5, 0.6) is 17.2 Å². The van der Waals surface area contributed by atoms with Gasteiger partial charge in [-0.2, -0.15) is 0 Å². The van der Waals surface area contributed by atoms with E-state index >= 15 is 0 Å². The highest BCUT2D eigenvalue weighted by molar-refractivity contribution is 5.81. The first-order valence-electron chi connectivity index (χ1n) is 9.73. The minimum atomic E-state index is -0.721. The lowest BCUT2D eigenvalue weighted by Gasteiger charge is -2.18. The van der Waals surface area contributed by atoms with E-state index in [1.807, 2.05) is 0 Å². The number of carbonyl (C=O) groups is 2. The van der Waals surface area contributed by atoms with Gasteiger partial charge in [0.25, 0.3) is 5.91 Å². The van der Waals surface area contributed by atoms with E-state index in [9.17, 15) is 14.4 Å². The highest BCUT2D eigenvalue weighted by atomic mass is 16.6. The summed E-state index contributed by atoms with van der Waals surface area (Å²) in [5, 5.41) is 3.46. The third kappa shape index (κ3) is 5.78. The van der Waals surface area contributed by atoms with Crippen LogP contribution in [0, 0.1) is 0 Å². The lowest BCUT2D eigenvalue weighted by atomic mass is 10.1. The molecule has 3 rings (SSSR count). The second kappa shape index (κ2) is 10.3. The van der Waals surface area contributed by atoms with Crippen molar-refractivity contribution in [3.05, 3.63) is 64.5 Å². The molecule has 0 bridgehead atoms. The van der Waals surface area contributed by atoms with Gasteiger partial charge >= 0.3 is 11.6 Å². The highest BCUT2D eigenvalue weighted by Gasteiger charge is 2.16. The van der Waals surface area contributed by atoms with E-state index in [0.29, 0.717) is 22.8 Å². The molecule has 1 atom stereocenters. The quantitative estimate of drug-likeness (QED) is 0.398. The van der Waals surface area contributed by atoms with Gasteiger partial charge in [-0.25, -0.2) is 9.59 Å². The number of carbonyl (C=O) groups excluding carboxylic acids is 2. The van der Waals surface area contributed by atoms with Crippen molar-refractivity contribution in [2.24, 2.45) is 0 Å². The molecule has 168 valence electrons. The minimum absolute atomic E-state index is 0.326. The number of benzene rings is 2. The van der Waals surface area contributed by atoms with Crippen LogP contribution in [-0.2, 0) is 14.3 Å². The van der Waals surface area contributed by atoms with Crippen LogP contribution in [0.4, 0.5) is 0 Å². The molecule has 0 aliphatic rings. The molecule has 0 aliphatic heterocycles. The van der Waals surface area contributed by atoms with Crippen molar-refractivity contribution in [2.75, 3.05) is 27.4 Å². The van der Waals surface area contributed by atoms with Gasteiger partial charge in [-0.1, -0.05) is 0 Å². The fraction of sp³-hybridized carbons (Fsp3) is 0.261. The number of hydrogen-bond donors (Lipinski definition) is 1. The summed E-state index contributed by atoms with van der Waals surface area (Å²) in [6.45, 7) is 0.902. The van der Waals surface area contributed by atoms with Crippen molar-refractivity contribution >= 4 is 22.8 Å². The molecule has 0 aliphatic carbocycles. The molecule has 0 spiro atoms. The van der Waals surface area contributed by atoms with Gasteiger partial charge in [-0.15, -0.1) is 0 Å². The number of fused-ring (bicyclic) bond motifs is 1. The number of hydrogen-bond acceptors (Lipinski definition) is 8. The smallest absolute Gasteiger partial charge is 0.344 e. The van der Waals surface area contributed by atoms with Crippen molar-refractivity contribution in [1.29, 1.82) is 0 Å². The van der Waals surface area contributed by atoms with Crippen molar-refractivity contribution < 1.29 is 33.0 Å². The van der Waals surface area contributed by atoms with Gasteiger partial charge in [-0.05, 0) is 43.3 Å². The summed E-state index contributed by atoms with van der Waals surface area (Å²) >= 11 is 0. The average Bonchev–Trinajstić information content (AvgIpc) is 2.80. The van der Waals surface area contributed by atoms with Crippen molar-refractivity contribution in [3.8, 4) is 17.2 Å². The maximum absolute atomic E-state index is 12.2. The van der Waals surface area contributed by atoms with Gasteiger partial charge in [0, 0.05) is 23.1 Å². The Bertz CT molecular complexity index is 1170. The summed E-state index contributed by atoms with van der Waals surface area (Å²) < 4.78 is 25.9. The molecule has 0 saturated carbocycles. The van der Waals surface area contributed by atoms with Crippen molar-refractivity contribution in [1.82, 2.24) is 5.32 Å².